The summed E-state index contributed by atoms with van der Waals surface area (Å²) in [7, 11) is 0. The van der Waals surface area contributed by atoms with Gasteiger partial charge in [0, 0.05) is 31.7 Å². The molecule has 0 radical (unpaired) electrons. The van der Waals surface area contributed by atoms with Crippen LogP contribution in [0.3, 0.4) is 0 Å². The van der Waals surface area contributed by atoms with Crippen LogP contribution in [-0.2, 0) is 0 Å². The third-order valence-electron chi connectivity index (χ3n) is 4.42. The lowest BCUT2D eigenvalue weighted by Gasteiger charge is -2.07. The highest BCUT2D eigenvalue weighted by molar-refractivity contribution is 7.17. The smallest absolute Gasteiger partial charge is 0.114 e. The molecule has 0 N–H and O–H groups in total. The average molecular weight is 409 g/mol. The lowest BCUT2D eigenvalue weighted by molar-refractivity contribution is 1.20. The minimum atomic E-state index is 0.948. The molecule has 6 rings (SSSR count). The Labute approximate surface area is 163 Å². The SMILES string of the molecule is c1csc(-c2cc3c(cc(-c4cccs4)c4snnc43)c3nnsc23)c1. The van der Waals surface area contributed by atoms with Crippen LogP contribution in [0.2, 0.25) is 0 Å². The average Bonchev–Trinajstić information content (AvgIpc) is 3.48. The molecule has 4 heterocycles. The van der Waals surface area contributed by atoms with Crippen LogP contribution >= 0.6 is 45.7 Å². The number of thiophene rings is 2. The zero-order valence-electron chi connectivity index (χ0n) is 13.0. The van der Waals surface area contributed by atoms with E-state index in [9.17, 15) is 0 Å². The van der Waals surface area contributed by atoms with Crippen molar-refractivity contribution < 1.29 is 0 Å². The highest BCUT2D eigenvalue weighted by Gasteiger charge is 2.19. The summed E-state index contributed by atoms with van der Waals surface area (Å²) in [5.41, 5.74) is 4.25. The molecule has 0 fully saturated rings. The van der Waals surface area contributed by atoms with Crippen LogP contribution in [0.4, 0.5) is 0 Å². The first-order valence-corrected chi connectivity index (χ1v) is 11.1. The monoisotopic (exact) mass is 408 g/mol. The molecule has 0 unspecified atom stereocenters. The zero-order valence-corrected chi connectivity index (χ0v) is 16.3. The van der Waals surface area contributed by atoms with Gasteiger partial charge >= 0.3 is 0 Å². The Kier molecular flexibility index (Phi) is 3.21. The van der Waals surface area contributed by atoms with Crippen molar-refractivity contribution in [3.8, 4) is 20.9 Å². The van der Waals surface area contributed by atoms with Crippen molar-refractivity contribution in [2.45, 2.75) is 0 Å². The summed E-state index contributed by atoms with van der Waals surface area (Å²) in [6.07, 6.45) is 0. The second-order valence-corrected chi connectivity index (χ2v) is 9.20. The summed E-state index contributed by atoms with van der Waals surface area (Å²) in [6.45, 7) is 0. The standard InChI is InChI=1S/C18H8N4S4/c1-3-13(23-5-1)11-7-9-10(15-17(11)25-21-19-15)8-12(14-4-2-6-24-14)18-16(9)20-22-26-18/h1-8H. The highest BCUT2D eigenvalue weighted by Crippen LogP contribution is 2.43. The molecule has 0 bridgehead atoms. The molecule has 124 valence electrons. The van der Waals surface area contributed by atoms with Crippen LogP contribution in [0.25, 0.3) is 52.1 Å². The molecule has 8 heteroatoms. The first-order chi connectivity index (χ1) is 12.9. The van der Waals surface area contributed by atoms with Crippen LogP contribution in [0.1, 0.15) is 0 Å². The Morgan fingerprint density at radius 1 is 0.654 bits per heavy atom. The molecule has 0 aliphatic heterocycles. The molecular formula is C18H8N4S4. The Morgan fingerprint density at radius 3 is 1.58 bits per heavy atom. The maximum absolute atomic E-state index is 4.46. The van der Waals surface area contributed by atoms with E-state index in [4.69, 9.17) is 0 Å². The number of fused-ring (bicyclic) bond motifs is 5. The molecule has 0 amide bonds. The van der Waals surface area contributed by atoms with Crippen LogP contribution in [0, 0.1) is 0 Å². The van der Waals surface area contributed by atoms with Gasteiger partial charge in [-0.3, -0.25) is 0 Å². The van der Waals surface area contributed by atoms with Crippen molar-refractivity contribution in [3.05, 3.63) is 47.2 Å². The normalized spacial score (nSPS) is 11.8. The number of nitrogens with zero attached hydrogens (tertiary/aromatic N) is 4. The Morgan fingerprint density at radius 2 is 1.15 bits per heavy atom. The van der Waals surface area contributed by atoms with E-state index in [1.165, 1.54) is 43.9 Å². The fraction of sp³-hybridized carbons (Fsp3) is 0. The largest absolute Gasteiger partial charge is 0.144 e. The van der Waals surface area contributed by atoms with E-state index >= 15 is 0 Å². The summed E-state index contributed by atoms with van der Waals surface area (Å²) in [4.78, 5) is 2.45. The van der Waals surface area contributed by atoms with E-state index in [2.05, 4.69) is 66.3 Å². The number of hydrogen-bond acceptors (Lipinski definition) is 8. The molecule has 26 heavy (non-hydrogen) atoms. The molecule has 4 nitrogen and oxygen atoms in total. The lowest BCUT2D eigenvalue weighted by Crippen LogP contribution is -1.85. The first kappa shape index (κ1) is 14.9. The van der Waals surface area contributed by atoms with Gasteiger partial charge in [0.1, 0.15) is 11.0 Å². The van der Waals surface area contributed by atoms with Gasteiger partial charge in [-0.2, -0.15) is 0 Å². The maximum atomic E-state index is 4.46. The van der Waals surface area contributed by atoms with E-state index in [1.54, 1.807) is 22.7 Å². The van der Waals surface area contributed by atoms with E-state index in [-0.39, 0.29) is 0 Å². The topological polar surface area (TPSA) is 51.6 Å². The van der Waals surface area contributed by atoms with Crippen LogP contribution in [-0.4, -0.2) is 19.2 Å². The zero-order chi connectivity index (χ0) is 17.1. The minimum absolute atomic E-state index is 0.948. The lowest BCUT2D eigenvalue weighted by atomic mass is 10.0. The third-order valence-corrected chi connectivity index (χ3v) is 7.74. The molecule has 0 aliphatic carbocycles. The van der Waals surface area contributed by atoms with Gasteiger partial charge in [-0.05, 0) is 58.1 Å². The van der Waals surface area contributed by atoms with Crippen molar-refractivity contribution in [2.75, 3.05) is 0 Å². The van der Waals surface area contributed by atoms with Gasteiger partial charge in [-0.25, -0.2) is 0 Å². The number of hydrogen-bond donors (Lipinski definition) is 0. The first-order valence-electron chi connectivity index (χ1n) is 7.82. The number of aromatic nitrogens is 4. The van der Waals surface area contributed by atoms with Gasteiger partial charge in [0.2, 0.25) is 0 Å². The second kappa shape index (κ2) is 5.62. The van der Waals surface area contributed by atoms with Crippen LogP contribution in [0.15, 0.2) is 47.2 Å². The minimum Gasteiger partial charge on any atom is -0.144 e. The summed E-state index contributed by atoms with van der Waals surface area (Å²) >= 11 is 6.37. The van der Waals surface area contributed by atoms with Gasteiger partial charge in [-0.1, -0.05) is 21.1 Å². The van der Waals surface area contributed by atoms with Crippen molar-refractivity contribution in [3.63, 3.8) is 0 Å². The predicted molar refractivity (Wildman–Crippen MR) is 113 cm³/mol. The molecule has 0 saturated carbocycles. The van der Waals surface area contributed by atoms with Gasteiger partial charge in [0.25, 0.3) is 0 Å². The molecule has 0 aliphatic rings. The van der Waals surface area contributed by atoms with Gasteiger partial charge in [0.15, 0.2) is 0 Å². The quantitative estimate of drug-likeness (QED) is 0.337. The van der Waals surface area contributed by atoms with E-state index in [0.29, 0.717) is 0 Å². The molecule has 0 spiro atoms. The van der Waals surface area contributed by atoms with Crippen molar-refractivity contribution in [2.24, 2.45) is 0 Å². The second-order valence-electron chi connectivity index (χ2n) is 5.80. The van der Waals surface area contributed by atoms with Crippen LogP contribution < -0.4 is 0 Å². The fourth-order valence-corrected chi connectivity index (χ4v) is 6.33. The van der Waals surface area contributed by atoms with Crippen molar-refractivity contribution >= 4 is 76.9 Å². The number of benzene rings is 2. The summed E-state index contributed by atoms with van der Waals surface area (Å²) in [5, 5.41) is 15.3. The van der Waals surface area contributed by atoms with Gasteiger partial charge < -0.3 is 0 Å². The van der Waals surface area contributed by atoms with Gasteiger partial charge in [-0.15, -0.1) is 32.9 Å². The molecule has 6 aromatic rings. The van der Waals surface area contributed by atoms with Crippen molar-refractivity contribution in [1.29, 1.82) is 0 Å². The maximum Gasteiger partial charge on any atom is 0.114 e. The highest BCUT2D eigenvalue weighted by atomic mass is 32.1. The Hall–Kier alpha value is -2.26. The molecule has 0 atom stereocenters. The summed E-state index contributed by atoms with van der Waals surface area (Å²) in [6, 6.07) is 12.9. The molecule has 4 aromatic heterocycles. The van der Waals surface area contributed by atoms with E-state index in [1.807, 2.05) is 0 Å². The molecule has 0 saturated heterocycles. The van der Waals surface area contributed by atoms with E-state index < -0.39 is 0 Å². The fourth-order valence-electron chi connectivity index (χ4n) is 3.28. The molecule has 2 aromatic carbocycles. The number of rotatable bonds is 2. The van der Waals surface area contributed by atoms with E-state index in [0.717, 1.165) is 31.2 Å². The summed E-state index contributed by atoms with van der Waals surface area (Å²) < 4.78 is 10.7. The van der Waals surface area contributed by atoms with Gasteiger partial charge in [0.05, 0.1) is 9.40 Å². The third kappa shape index (κ3) is 2.04. The van der Waals surface area contributed by atoms with Crippen LogP contribution in [0.5, 0.6) is 0 Å². The Bertz CT molecular complexity index is 1270. The Balaban J connectivity index is 1.82. The van der Waals surface area contributed by atoms with Crippen molar-refractivity contribution in [1.82, 2.24) is 19.2 Å². The molecular weight excluding hydrogens is 400 g/mol. The predicted octanol–water partition coefficient (Wildman–Crippen LogP) is 6.31. The summed E-state index contributed by atoms with van der Waals surface area (Å²) in [5.74, 6) is 0.